The number of hydrogen-bond acceptors (Lipinski definition) is 5. The summed E-state index contributed by atoms with van der Waals surface area (Å²) in [5, 5.41) is 1.94. The Bertz CT molecular complexity index is 793. The molecule has 2 heterocycles. The number of carbonyl (C=O) groups is 2. The zero-order valence-corrected chi connectivity index (χ0v) is 15.5. The van der Waals surface area contributed by atoms with Crippen molar-refractivity contribution in [1.29, 1.82) is 0 Å². The minimum atomic E-state index is -0.990. The minimum absolute atomic E-state index is 0.339. The number of imide groups is 1. The minimum Gasteiger partial charge on any atom is -0.493 e. The number of amides is 2. The van der Waals surface area contributed by atoms with Gasteiger partial charge in [0.25, 0.3) is 11.1 Å². The Morgan fingerprint density at radius 1 is 1.15 bits per heavy atom. The second-order valence-electron chi connectivity index (χ2n) is 6.27. The molecule has 0 unspecified atom stereocenters. The second kappa shape index (κ2) is 7.88. The SMILES string of the molecule is CCc1ccc(CCOc2ccc(C[C@@]3([NH3+])SC(=O)NC3=O)cc2)nc1. The molecule has 7 heteroatoms. The van der Waals surface area contributed by atoms with Crippen molar-refractivity contribution in [2.75, 3.05) is 6.61 Å². The lowest BCUT2D eigenvalue weighted by atomic mass is 10.1. The van der Waals surface area contributed by atoms with Crippen molar-refractivity contribution >= 4 is 22.9 Å². The van der Waals surface area contributed by atoms with Crippen molar-refractivity contribution < 1.29 is 20.1 Å². The molecule has 136 valence electrons. The smallest absolute Gasteiger partial charge is 0.300 e. The van der Waals surface area contributed by atoms with Crippen LogP contribution in [0.25, 0.3) is 0 Å². The Morgan fingerprint density at radius 2 is 1.88 bits per heavy atom. The molecule has 1 fully saturated rings. The van der Waals surface area contributed by atoms with Gasteiger partial charge in [-0.3, -0.25) is 19.9 Å². The molecule has 1 aliphatic heterocycles. The van der Waals surface area contributed by atoms with Crippen LogP contribution in [0, 0.1) is 0 Å². The summed E-state index contributed by atoms with van der Waals surface area (Å²) in [4.78, 5) is 26.6. The Hall–Kier alpha value is -2.38. The van der Waals surface area contributed by atoms with Crippen LogP contribution in [-0.2, 0) is 24.1 Å². The molecule has 0 spiro atoms. The van der Waals surface area contributed by atoms with Gasteiger partial charge in [0, 0.05) is 36.5 Å². The maximum atomic E-state index is 11.8. The van der Waals surface area contributed by atoms with Crippen molar-refractivity contribution in [2.24, 2.45) is 0 Å². The summed E-state index contributed by atoms with van der Waals surface area (Å²) in [6.07, 6.45) is 4.02. The first-order valence-electron chi connectivity index (χ1n) is 8.54. The Labute approximate surface area is 156 Å². The average molecular weight is 372 g/mol. The molecule has 1 saturated heterocycles. The molecule has 0 saturated carbocycles. The van der Waals surface area contributed by atoms with Crippen LogP contribution in [0.1, 0.15) is 23.7 Å². The highest BCUT2D eigenvalue weighted by Crippen LogP contribution is 2.29. The highest BCUT2D eigenvalue weighted by molar-refractivity contribution is 8.15. The van der Waals surface area contributed by atoms with E-state index in [1.165, 1.54) is 5.56 Å². The van der Waals surface area contributed by atoms with Crippen molar-refractivity contribution in [2.45, 2.75) is 31.1 Å². The van der Waals surface area contributed by atoms with Gasteiger partial charge in [-0.25, -0.2) is 0 Å². The fourth-order valence-corrected chi connectivity index (χ4v) is 3.57. The van der Waals surface area contributed by atoms with E-state index < -0.39 is 4.87 Å². The summed E-state index contributed by atoms with van der Waals surface area (Å²) in [5.74, 6) is 0.422. The molecule has 2 amide bonds. The number of aryl methyl sites for hydroxylation is 1. The first-order valence-corrected chi connectivity index (χ1v) is 9.35. The number of quaternary nitrogens is 1. The summed E-state index contributed by atoms with van der Waals surface area (Å²) in [7, 11) is 0. The van der Waals surface area contributed by atoms with Crippen molar-refractivity contribution in [3.8, 4) is 5.75 Å². The van der Waals surface area contributed by atoms with E-state index in [9.17, 15) is 9.59 Å². The average Bonchev–Trinajstić information content (AvgIpc) is 2.88. The summed E-state index contributed by atoms with van der Waals surface area (Å²) in [6.45, 7) is 2.65. The molecule has 1 aliphatic rings. The lowest BCUT2D eigenvalue weighted by molar-refractivity contribution is -0.419. The molecule has 26 heavy (non-hydrogen) atoms. The Balaban J connectivity index is 1.51. The fourth-order valence-electron chi connectivity index (χ4n) is 2.69. The number of nitrogens with zero attached hydrogens (tertiary/aromatic N) is 1. The van der Waals surface area contributed by atoms with Gasteiger partial charge in [0.05, 0.1) is 6.61 Å². The molecule has 4 N–H and O–H groups in total. The predicted octanol–water partition coefficient (Wildman–Crippen LogP) is 1.73. The third-order valence-corrected chi connectivity index (χ3v) is 5.26. The van der Waals surface area contributed by atoms with Crippen LogP contribution < -0.4 is 15.8 Å². The van der Waals surface area contributed by atoms with Crippen LogP contribution in [0.3, 0.4) is 0 Å². The van der Waals surface area contributed by atoms with Crippen LogP contribution >= 0.6 is 11.8 Å². The topological polar surface area (TPSA) is 95.9 Å². The molecule has 1 aromatic carbocycles. The summed E-state index contributed by atoms with van der Waals surface area (Å²) in [5.41, 5.74) is 7.07. The first-order chi connectivity index (χ1) is 12.5. The van der Waals surface area contributed by atoms with Crippen LogP contribution in [0.4, 0.5) is 4.79 Å². The third kappa shape index (κ3) is 4.42. The number of aromatic nitrogens is 1. The number of pyridine rings is 1. The molecule has 1 atom stereocenters. The molecular formula is C19H22N3O3S+. The monoisotopic (exact) mass is 372 g/mol. The fraction of sp³-hybridized carbons (Fsp3) is 0.316. The van der Waals surface area contributed by atoms with E-state index in [2.05, 4.69) is 29.0 Å². The number of ether oxygens (including phenoxy) is 1. The molecule has 0 bridgehead atoms. The molecule has 2 aromatic rings. The van der Waals surface area contributed by atoms with E-state index in [-0.39, 0.29) is 11.1 Å². The van der Waals surface area contributed by atoms with Crippen molar-refractivity contribution in [1.82, 2.24) is 10.3 Å². The lowest BCUT2D eigenvalue weighted by Crippen LogP contribution is -2.75. The highest BCUT2D eigenvalue weighted by atomic mass is 32.2. The molecule has 1 aromatic heterocycles. The summed E-state index contributed by atoms with van der Waals surface area (Å²) in [6, 6.07) is 11.6. The van der Waals surface area contributed by atoms with Crippen LogP contribution in [-0.4, -0.2) is 27.6 Å². The summed E-state index contributed by atoms with van der Waals surface area (Å²) >= 11 is 0.940. The van der Waals surface area contributed by atoms with Gasteiger partial charge >= 0.3 is 0 Å². The maximum Gasteiger partial charge on any atom is 0.300 e. The predicted molar refractivity (Wildman–Crippen MR) is 99.7 cm³/mol. The van der Waals surface area contributed by atoms with Crippen LogP contribution in [0.5, 0.6) is 5.75 Å². The molecule has 0 aliphatic carbocycles. The van der Waals surface area contributed by atoms with E-state index in [0.29, 0.717) is 13.0 Å². The zero-order valence-electron chi connectivity index (χ0n) is 14.7. The highest BCUT2D eigenvalue weighted by Gasteiger charge is 2.48. The lowest BCUT2D eigenvalue weighted by Gasteiger charge is -2.14. The number of thioether (sulfide) groups is 1. The van der Waals surface area contributed by atoms with E-state index in [1.54, 1.807) is 0 Å². The van der Waals surface area contributed by atoms with E-state index in [4.69, 9.17) is 4.74 Å². The first kappa shape index (κ1) is 18.4. The number of rotatable bonds is 7. The van der Waals surface area contributed by atoms with E-state index >= 15 is 0 Å². The van der Waals surface area contributed by atoms with Gasteiger partial charge in [0.15, 0.2) is 0 Å². The quantitative estimate of drug-likeness (QED) is 0.772. The zero-order chi connectivity index (χ0) is 18.6. The number of hydrogen-bond donors (Lipinski definition) is 2. The normalized spacial score (nSPS) is 19.5. The second-order valence-corrected chi connectivity index (χ2v) is 7.62. The molecule has 6 nitrogen and oxygen atoms in total. The van der Waals surface area contributed by atoms with Gasteiger partial charge in [-0.2, -0.15) is 0 Å². The maximum absolute atomic E-state index is 11.8. The number of carbonyl (C=O) groups excluding carboxylic acids is 2. The van der Waals surface area contributed by atoms with Gasteiger partial charge < -0.3 is 10.5 Å². The summed E-state index contributed by atoms with van der Waals surface area (Å²) < 4.78 is 5.76. The Kier molecular flexibility index (Phi) is 5.58. The van der Waals surface area contributed by atoms with Crippen LogP contribution in [0.15, 0.2) is 42.6 Å². The van der Waals surface area contributed by atoms with Gasteiger partial charge in [-0.05, 0) is 35.7 Å². The van der Waals surface area contributed by atoms with Crippen LogP contribution in [0.2, 0.25) is 0 Å². The van der Waals surface area contributed by atoms with E-state index in [1.807, 2.05) is 36.5 Å². The number of benzene rings is 1. The molecule has 0 radical (unpaired) electrons. The van der Waals surface area contributed by atoms with Crippen molar-refractivity contribution in [3.63, 3.8) is 0 Å². The van der Waals surface area contributed by atoms with Gasteiger partial charge in [-0.15, -0.1) is 0 Å². The molecular weight excluding hydrogens is 350 g/mol. The number of nitrogens with one attached hydrogen (secondary N) is 1. The third-order valence-electron chi connectivity index (χ3n) is 4.25. The molecule has 3 rings (SSSR count). The Morgan fingerprint density at radius 3 is 2.46 bits per heavy atom. The van der Waals surface area contributed by atoms with Gasteiger partial charge in [0.1, 0.15) is 5.75 Å². The van der Waals surface area contributed by atoms with E-state index in [0.717, 1.165) is 41.6 Å². The van der Waals surface area contributed by atoms with Gasteiger partial charge in [-0.1, -0.05) is 25.1 Å². The van der Waals surface area contributed by atoms with Gasteiger partial charge in [0.2, 0.25) is 4.87 Å². The van der Waals surface area contributed by atoms with Crippen molar-refractivity contribution in [3.05, 3.63) is 59.4 Å². The standard InChI is InChI=1S/C19H21N3O3S/c1-2-13-3-6-15(21-12-13)9-10-25-16-7-4-14(5-8-16)11-19(20)17(23)22-18(24)26-19/h3-8,12H,2,9-11,20H2,1H3,(H,22,23,24)/p+1/t19-/m1/s1. The largest absolute Gasteiger partial charge is 0.493 e.